The molecule has 2 aromatic heterocycles. The Labute approximate surface area is 146 Å². The first kappa shape index (κ1) is 18.0. The van der Waals surface area contributed by atoms with Crippen LogP contribution in [0.15, 0.2) is 46.2 Å². The molecule has 3 aromatic rings. The molecule has 0 aliphatic heterocycles. The molecule has 1 aromatic carbocycles. The number of hydrogen-bond donors (Lipinski definition) is 2. The predicted molar refractivity (Wildman–Crippen MR) is 96.0 cm³/mol. The van der Waals surface area contributed by atoms with Gasteiger partial charge >= 0.3 is 0 Å². The van der Waals surface area contributed by atoms with Crippen molar-refractivity contribution in [1.82, 2.24) is 14.6 Å². The van der Waals surface area contributed by atoms with Crippen molar-refractivity contribution in [2.24, 2.45) is 0 Å². The van der Waals surface area contributed by atoms with Gasteiger partial charge < -0.3 is 10.6 Å². The number of aryl methyl sites for hydroxylation is 1. The lowest BCUT2D eigenvalue weighted by atomic mass is 10.4. The zero-order chi connectivity index (χ0) is 16.6. The first-order chi connectivity index (χ1) is 11.0. The Bertz CT molecular complexity index is 970. The Hall–Kier alpha value is -2.32. The van der Waals surface area contributed by atoms with E-state index in [0.717, 1.165) is 0 Å². The quantitative estimate of drug-likeness (QED) is 0.736. The lowest BCUT2D eigenvalue weighted by molar-refractivity contribution is 0.597. The summed E-state index contributed by atoms with van der Waals surface area (Å²) in [5, 5.41) is 10.2. The highest BCUT2D eigenvalue weighted by Gasteiger charge is 2.29. The van der Waals surface area contributed by atoms with E-state index in [9.17, 15) is 8.42 Å². The Kier molecular flexibility index (Phi) is 5.00. The summed E-state index contributed by atoms with van der Waals surface area (Å²) < 4.78 is 27.6. The minimum absolute atomic E-state index is 0. The summed E-state index contributed by atoms with van der Waals surface area (Å²) in [6, 6.07) is 10.1. The van der Waals surface area contributed by atoms with Gasteiger partial charge in [-0.3, -0.25) is 0 Å². The van der Waals surface area contributed by atoms with Gasteiger partial charge in [-0.05, 0) is 19.1 Å². The molecule has 0 aliphatic rings. The molecule has 0 saturated heterocycles. The van der Waals surface area contributed by atoms with E-state index in [4.69, 9.17) is 0 Å². The molecule has 0 unspecified atom stereocenters. The summed E-state index contributed by atoms with van der Waals surface area (Å²) in [5.74, 6) is 0.932. The molecule has 0 radical (unpaired) electrons. The normalized spacial score (nSPS) is 11.1. The van der Waals surface area contributed by atoms with E-state index in [1.54, 1.807) is 50.5 Å². The van der Waals surface area contributed by atoms with Crippen LogP contribution >= 0.6 is 12.4 Å². The largest absolute Gasteiger partial charge is 0.373 e. The van der Waals surface area contributed by atoms with Crippen molar-refractivity contribution in [2.75, 3.05) is 24.7 Å². The van der Waals surface area contributed by atoms with Crippen molar-refractivity contribution in [3.8, 4) is 0 Å². The average Bonchev–Trinajstić information content (AvgIpc) is 2.93. The Balaban J connectivity index is 0.00000208. The molecule has 0 bridgehead atoms. The van der Waals surface area contributed by atoms with Gasteiger partial charge in [0.05, 0.1) is 4.90 Å². The lowest BCUT2D eigenvalue weighted by Gasteiger charge is -2.06. The molecule has 128 valence electrons. The Morgan fingerprint density at radius 3 is 2.33 bits per heavy atom. The van der Waals surface area contributed by atoms with Gasteiger partial charge in [-0.2, -0.15) is 4.52 Å². The van der Waals surface area contributed by atoms with Crippen LogP contribution in [0.4, 0.5) is 11.6 Å². The number of anilines is 2. The van der Waals surface area contributed by atoms with Crippen molar-refractivity contribution in [3.05, 3.63) is 42.1 Å². The molecule has 0 saturated carbocycles. The second-order valence-corrected chi connectivity index (χ2v) is 6.90. The molecule has 7 nitrogen and oxygen atoms in total. The lowest BCUT2D eigenvalue weighted by Crippen LogP contribution is -2.06. The Morgan fingerprint density at radius 2 is 1.75 bits per heavy atom. The third-order valence-electron chi connectivity index (χ3n) is 3.49. The van der Waals surface area contributed by atoms with E-state index in [1.807, 2.05) is 6.92 Å². The highest BCUT2D eigenvalue weighted by molar-refractivity contribution is 7.91. The number of nitrogens with one attached hydrogen (secondary N) is 2. The second-order valence-electron chi connectivity index (χ2n) is 5.01. The van der Waals surface area contributed by atoms with E-state index < -0.39 is 9.84 Å². The van der Waals surface area contributed by atoms with Gasteiger partial charge in [0, 0.05) is 25.9 Å². The van der Waals surface area contributed by atoms with Crippen molar-refractivity contribution in [1.29, 1.82) is 0 Å². The molecule has 0 fully saturated rings. The highest BCUT2D eigenvalue weighted by Crippen LogP contribution is 2.31. The van der Waals surface area contributed by atoms with Gasteiger partial charge in [-0.15, -0.1) is 17.5 Å². The van der Waals surface area contributed by atoms with E-state index in [0.29, 0.717) is 17.2 Å². The number of fused-ring (bicyclic) bond motifs is 1. The van der Waals surface area contributed by atoms with Gasteiger partial charge in [0.1, 0.15) is 5.82 Å². The summed E-state index contributed by atoms with van der Waals surface area (Å²) in [6.07, 6.45) is 0. The fourth-order valence-electron chi connectivity index (χ4n) is 2.43. The summed E-state index contributed by atoms with van der Waals surface area (Å²) in [4.78, 5) is 4.67. The van der Waals surface area contributed by atoms with Gasteiger partial charge in [0.15, 0.2) is 16.4 Å². The average molecular weight is 368 g/mol. The topological polar surface area (TPSA) is 88.4 Å². The van der Waals surface area contributed by atoms with Crippen molar-refractivity contribution >= 4 is 39.5 Å². The minimum Gasteiger partial charge on any atom is -0.373 e. The standard InChI is InChI=1S/C15H17N5O2S.ClH/c1-10-9-12(16-2)20-15(18-10)13(14(17-3)19-20)23(21,22)11-7-5-4-6-8-11;/h4-9,16H,1-3H3,(H,17,19);1H. The number of hydrogen-bond acceptors (Lipinski definition) is 6. The molecule has 2 heterocycles. The fourth-order valence-corrected chi connectivity index (χ4v) is 3.95. The third-order valence-corrected chi connectivity index (χ3v) is 5.30. The summed E-state index contributed by atoms with van der Waals surface area (Å²) in [7, 11) is -0.356. The van der Waals surface area contributed by atoms with Crippen molar-refractivity contribution < 1.29 is 8.42 Å². The molecule has 0 atom stereocenters. The van der Waals surface area contributed by atoms with Crippen LogP contribution in [-0.2, 0) is 9.84 Å². The van der Waals surface area contributed by atoms with Gasteiger partial charge in [0.25, 0.3) is 0 Å². The van der Waals surface area contributed by atoms with Crippen molar-refractivity contribution in [3.63, 3.8) is 0 Å². The van der Waals surface area contributed by atoms with Crippen LogP contribution in [0.1, 0.15) is 5.69 Å². The highest BCUT2D eigenvalue weighted by atomic mass is 35.5. The maximum Gasteiger partial charge on any atom is 0.214 e. The van der Waals surface area contributed by atoms with Crippen LogP contribution < -0.4 is 10.6 Å². The first-order valence-electron chi connectivity index (χ1n) is 7.05. The molecule has 0 spiro atoms. The van der Waals surface area contributed by atoms with Gasteiger partial charge in [0.2, 0.25) is 9.84 Å². The second kappa shape index (κ2) is 6.66. The summed E-state index contributed by atoms with van der Waals surface area (Å²) in [6.45, 7) is 1.81. The fraction of sp³-hybridized carbons (Fsp3) is 0.200. The number of halogens is 1. The molecule has 0 aliphatic carbocycles. The van der Waals surface area contributed by atoms with E-state index in [1.165, 1.54) is 4.52 Å². The molecule has 2 N–H and O–H groups in total. The Morgan fingerprint density at radius 1 is 1.08 bits per heavy atom. The summed E-state index contributed by atoms with van der Waals surface area (Å²) >= 11 is 0. The molecular formula is C15H18ClN5O2S. The van der Waals surface area contributed by atoms with Crippen LogP contribution in [0.3, 0.4) is 0 Å². The van der Waals surface area contributed by atoms with Crippen LogP contribution in [0, 0.1) is 6.92 Å². The monoisotopic (exact) mass is 367 g/mol. The number of nitrogens with zero attached hydrogens (tertiary/aromatic N) is 3. The molecule has 3 rings (SSSR count). The number of sulfone groups is 1. The number of benzene rings is 1. The zero-order valence-corrected chi connectivity index (χ0v) is 15.1. The first-order valence-corrected chi connectivity index (χ1v) is 8.53. The van der Waals surface area contributed by atoms with E-state index in [2.05, 4.69) is 20.7 Å². The van der Waals surface area contributed by atoms with E-state index >= 15 is 0 Å². The SMILES string of the molecule is CNc1nn2c(NC)cc(C)nc2c1S(=O)(=O)c1ccccc1.Cl. The number of rotatable bonds is 4. The van der Waals surface area contributed by atoms with E-state index in [-0.39, 0.29) is 28.0 Å². The predicted octanol–water partition coefficient (Wildman–Crippen LogP) is 2.38. The molecule has 24 heavy (non-hydrogen) atoms. The van der Waals surface area contributed by atoms with Crippen LogP contribution in [0.5, 0.6) is 0 Å². The third kappa shape index (κ3) is 2.78. The molecule has 0 amide bonds. The maximum absolute atomic E-state index is 13.0. The summed E-state index contributed by atoms with van der Waals surface area (Å²) in [5.41, 5.74) is 0.997. The molecule has 9 heteroatoms. The van der Waals surface area contributed by atoms with Crippen LogP contribution in [-0.4, -0.2) is 37.1 Å². The van der Waals surface area contributed by atoms with Crippen molar-refractivity contribution in [2.45, 2.75) is 16.7 Å². The smallest absolute Gasteiger partial charge is 0.214 e. The van der Waals surface area contributed by atoms with Crippen LogP contribution in [0.2, 0.25) is 0 Å². The van der Waals surface area contributed by atoms with Crippen LogP contribution in [0.25, 0.3) is 5.65 Å². The van der Waals surface area contributed by atoms with Gasteiger partial charge in [-0.25, -0.2) is 13.4 Å². The maximum atomic E-state index is 13.0. The molecular weight excluding hydrogens is 350 g/mol. The number of aromatic nitrogens is 3. The minimum atomic E-state index is -3.74. The zero-order valence-electron chi connectivity index (χ0n) is 13.4. The van der Waals surface area contributed by atoms with Gasteiger partial charge in [-0.1, -0.05) is 18.2 Å².